The largest absolute Gasteiger partial charge is 0.397 e. The van der Waals surface area contributed by atoms with E-state index in [1.165, 1.54) is 0 Å². The quantitative estimate of drug-likeness (QED) is 0.812. The van der Waals surface area contributed by atoms with Crippen LogP contribution < -0.4 is 10.6 Å². The first-order chi connectivity index (χ1) is 10.9. The molecule has 0 unspecified atom stereocenters. The second kappa shape index (κ2) is 6.14. The summed E-state index contributed by atoms with van der Waals surface area (Å²) in [6.45, 7) is 0.763. The van der Waals surface area contributed by atoms with Crippen LogP contribution in [0.3, 0.4) is 0 Å². The Balaban J connectivity index is 1.81. The number of alkyl halides is 3. The van der Waals surface area contributed by atoms with Gasteiger partial charge in [0, 0.05) is 13.1 Å². The molecule has 1 aliphatic heterocycles. The highest BCUT2D eigenvalue weighted by Crippen LogP contribution is 2.37. The highest BCUT2D eigenvalue weighted by molar-refractivity contribution is 5.77. The molecule has 0 spiro atoms. The molecule has 2 aromatic rings. The predicted molar refractivity (Wildman–Crippen MR) is 87.3 cm³/mol. The number of anilines is 2. The van der Waals surface area contributed by atoms with Gasteiger partial charge in [0.2, 0.25) is 0 Å². The van der Waals surface area contributed by atoms with Gasteiger partial charge >= 0.3 is 6.18 Å². The van der Waals surface area contributed by atoms with Crippen LogP contribution in [0.1, 0.15) is 12.8 Å². The first-order valence-electron chi connectivity index (χ1n) is 7.72. The maximum atomic E-state index is 12.8. The second-order valence-corrected chi connectivity index (χ2v) is 5.94. The lowest BCUT2D eigenvalue weighted by Gasteiger charge is -2.35. The van der Waals surface area contributed by atoms with E-state index in [1.54, 1.807) is 0 Å². The van der Waals surface area contributed by atoms with Crippen LogP contribution >= 0.6 is 0 Å². The summed E-state index contributed by atoms with van der Waals surface area (Å²) in [7, 11) is 0. The van der Waals surface area contributed by atoms with Crippen molar-refractivity contribution in [1.82, 2.24) is 0 Å². The molecular weight excluding hydrogens is 301 g/mol. The van der Waals surface area contributed by atoms with Crippen molar-refractivity contribution in [2.75, 3.05) is 23.7 Å². The fraction of sp³-hybridized carbons (Fsp3) is 0.333. The SMILES string of the molecule is Nc1ccc(-c2ccccc2)cc1N1CCC(C(F)(F)F)CC1. The number of hydrogen-bond acceptors (Lipinski definition) is 2. The van der Waals surface area contributed by atoms with Crippen LogP contribution in [0, 0.1) is 5.92 Å². The van der Waals surface area contributed by atoms with Crippen LogP contribution in [-0.2, 0) is 0 Å². The Hall–Kier alpha value is -2.17. The number of nitrogen functional groups attached to an aromatic ring is 1. The fourth-order valence-electron chi connectivity index (χ4n) is 3.08. The van der Waals surface area contributed by atoms with Gasteiger partial charge in [0.25, 0.3) is 0 Å². The molecule has 0 saturated carbocycles. The summed E-state index contributed by atoms with van der Waals surface area (Å²) in [6, 6.07) is 15.6. The van der Waals surface area contributed by atoms with Gasteiger partial charge in [0.1, 0.15) is 0 Å². The van der Waals surface area contributed by atoms with Gasteiger partial charge in [0.15, 0.2) is 0 Å². The van der Waals surface area contributed by atoms with Crippen LogP contribution in [0.5, 0.6) is 0 Å². The number of hydrogen-bond donors (Lipinski definition) is 1. The Labute approximate surface area is 133 Å². The second-order valence-electron chi connectivity index (χ2n) is 5.94. The maximum Gasteiger partial charge on any atom is 0.391 e. The normalized spacial score (nSPS) is 16.6. The molecule has 122 valence electrons. The molecule has 0 atom stereocenters. The minimum absolute atomic E-state index is 0.124. The number of piperidine rings is 1. The van der Waals surface area contributed by atoms with Gasteiger partial charge in [-0.25, -0.2) is 0 Å². The summed E-state index contributed by atoms with van der Waals surface area (Å²) >= 11 is 0. The van der Waals surface area contributed by atoms with Crippen molar-refractivity contribution in [3.8, 4) is 11.1 Å². The van der Waals surface area contributed by atoms with Crippen molar-refractivity contribution in [2.45, 2.75) is 19.0 Å². The van der Waals surface area contributed by atoms with Gasteiger partial charge in [-0.05, 0) is 36.1 Å². The van der Waals surface area contributed by atoms with E-state index in [4.69, 9.17) is 5.73 Å². The summed E-state index contributed by atoms with van der Waals surface area (Å²) < 4.78 is 38.4. The zero-order chi connectivity index (χ0) is 16.4. The molecule has 3 rings (SSSR count). The van der Waals surface area contributed by atoms with Crippen LogP contribution in [0.4, 0.5) is 24.5 Å². The van der Waals surface area contributed by atoms with Crippen molar-refractivity contribution in [2.24, 2.45) is 5.92 Å². The third-order valence-corrected chi connectivity index (χ3v) is 4.44. The van der Waals surface area contributed by atoms with Crippen molar-refractivity contribution in [1.29, 1.82) is 0 Å². The lowest BCUT2D eigenvalue weighted by atomic mass is 9.95. The highest BCUT2D eigenvalue weighted by atomic mass is 19.4. The van der Waals surface area contributed by atoms with Crippen LogP contribution in [-0.4, -0.2) is 19.3 Å². The smallest absolute Gasteiger partial charge is 0.391 e. The van der Waals surface area contributed by atoms with Crippen LogP contribution in [0.2, 0.25) is 0 Å². The number of benzene rings is 2. The van der Waals surface area contributed by atoms with E-state index in [0.717, 1.165) is 16.8 Å². The van der Waals surface area contributed by atoms with Crippen molar-refractivity contribution in [3.63, 3.8) is 0 Å². The lowest BCUT2D eigenvalue weighted by Crippen LogP contribution is -2.39. The van der Waals surface area contributed by atoms with Crippen molar-refractivity contribution >= 4 is 11.4 Å². The molecule has 2 nitrogen and oxygen atoms in total. The summed E-state index contributed by atoms with van der Waals surface area (Å²) in [5.74, 6) is -1.20. The lowest BCUT2D eigenvalue weighted by molar-refractivity contribution is -0.179. The van der Waals surface area contributed by atoms with E-state index in [9.17, 15) is 13.2 Å². The van der Waals surface area contributed by atoms with Gasteiger partial charge in [-0.15, -0.1) is 0 Å². The molecule has 0 bridgehead atoms. The minimum Gasteiger partial charge on any atom is -0.397 e. The van der Waals surface area contributed by atoms with Crippen molar-refractivity contribution < 1.29 is 13.2 Å². The molecule has 1 fully saturated rings. The highest BCUT2D eigenvalue weighted by Gasteiger charge is 2.41. The monoisotopic (exact) mass is 320 g/mol. The van der Waals surface area contributed by atoms with Gasteiger partial charge in [-0.1, -0.05) is 36.4 Å². The first-order valence-corrected chi connectivity index (χ1v) is 7.72. The average molecular weight is 320 g/mol. The third kappa shape index (κ3) is 3.44. The zero-order valence-electron chi connectivity index (χ0n) is 12.7. The predicted octanol–water partition coefficient (Wildman–Crippen LogP) is 4.71. The molecule has 0 aromatic heterocycles. The first kappa shape index (κ1) is 15.7. The van der Waals surface area contributed by atoms with E-state index >= 15 is 0 Å². The third-order valence-electron chi connectivity index (χ3n) is 4.44. The molecule has 1 saturated heterocycles. The molecule has 2 N–H and O–H groups in total. The molecule has 0 amide bonds. The molecule has 1 heterocycles. The van der Waals surface area contributed by atoms with Gasteiger partial charge in [-0.2, -0.15) is 13.2 Å². The van der Waals surface area contributed by atoms with Crippen molar-refractivity contribution in [3.05, 3.63) is 48.5 Å². The van der Waals surface area contributed by atoms with E-state index in [0.29, 0.717) is 18.8 Å². The van der Waals surface area contributed by atoms with Gasteiger partial charge in [-0.3, -0.25) is 0 Å². The standard InChI is InChI=1S/C18H19F3N2/c19-18(20,21)15-8-10-23(11-9-15)17-12-14(6-7-16(17)22)13-4-2-1-3-5-13/h1-7,12,15H,8-11,22H2. The van der Waals surface area contributed by atoms with Gasteiger partial charge < -0.3 is 10.6 Å². The molecule has 5 heteroatoms. The number of halogens is 3. The number of rotatable bonds is 2. The molecule has 0 radical (unpaired) electrons. The average Bonchev–Trinajstić information content (AvgIpc) is 2.55. The zero-order valence-corrected chi connectivity index (χ0v) is 12.7. The minimum atomic E-state index is -4.09. The Morgan fingerprint density at radius 3 is 2.17 bits per heavy atom. The Bertz CT molecular complexity index is 660. The Morgan fingerprint density at radius 2 is 1.57 bits per heavy atom. The van der Waals surface area contributed by atoms with Crippen LogP contribution in [0.15, 0.2) is 48.5 Å². The molecule has 2 aromatic carbocycles. The summed E-state index contributed by atoms with van der Waals surface area (Å²) in [4.78, 5) is 1.96. The number of nitrogens with zero attached hydrogens (tertiary/aromatic N) is 1. The topological polar surface area (TPSA) is 29.3 Å². The fourth-order valence-corrected chi connectivity index (χ4v) is 3.08. The molecular formula is C18H19F3N2. The Morgan fingerprint density at radius 1 is 0.913 bits per heavy atom. The van der Waals surface area contributed by atoms with E-state index in [2.05, 4.69) is 0 Å². The van der Waals surface area contributed by atoms with E-state index < -0.39 is 12.1 Å². The number of nitrogens with two attached hydrogens (primary N) is 1. The Kier molecular flexibility index (Phi) is 4.20. The summed E-state index contributed by atoms with van der Waals surface area (Å²) in [6.07, 6.45) is -3.85. The molecule has 0 aliphatic carbocycles. The van der Waals surface area contributed by atoms with Gasteiger partial charge in [0.05, 0.1) is 17.3 Å². The van der Waals surface area contributed by atoms with E-state index in [-0.39, 0.29) is 12.8 Å². The maximum absolute atomic E-state index is 12.8. The van der Waals surface area contributed by atoms with Crippen LogP contribution in [0.25, 0.3) is 11.1 Å². The van der Waals surface area contributed by atoms with E-state index in [1.807, 2.05) is 53.4 Å². The molecule has 1 aliphatic rings. The summed E-state index contributed by atoms with van der Waals surface area (Å²) in [5.41, 5.74) is 9.58. The summed E-state index contributed by atoms with van der Waals surface area (Å²) in [5, 5.41) is 0. The molecule has 23 heavy (non-hydrogen) atoms.